The van der Waals surface area contributed by atoms with Crippen LogP contribution < -0.4 is 5.32 Å². The Labute approximate surface area is 122 Å². The van der Waals surface area contributed by atoms with E-state index in [1.165, 1.54) is 18.4 Å². The lowest BCUT2D eigenvalue weighted by molar-refractivity contribution is 0.632. The average Bonchev–Trinajstić information content (AvgIpc) is 2.83. The van der Waals surface area contributed by atoms with E-state index in [0.717, 1.165) is 24.7 Å². The third-order valence-corrected chi connectivity index (χ3v) is 3.58. The summed E-state index contributed by atoms with van der Waals surface area (Å²) < 4.78 is 2.23. The molecule has 0 spiro atoms. The molecule has 0 aliphatic carbocycles. The van der Waals surface area contributed by atoms with Gasteiger partial charge in [0, 0.05) is 19.3 Å². The van der Waals surface area contributed by atoms with E-state index >= 15 is 0 Å². The number of nitrogens with zero attached hydrogens (tertiary/aromatic N) is 2. The molecule has 2 aromatic rings. The Hall–Kier alpha value is -1.77. The van der Waals surface area contributed by atoms with Gasteiger partial charge in [0.25, 0.3) is 0 Å². The maximum absolute atomic E-state index is 4.58. The SMILES string of the molecule is CCCCn1cc(C)nc1NCC(C)c1ccccc1. The minimum absolute atomic E-state index is 0.479. The molecule has 0 saturated carbocycles. The van der Waals surface area contributed by atoms with Crippen LogP contribution in [0.15, 0.2) is 36.5 Å². The van der Waals surface area contributed by atoms with Gasteiger partial charge in [-0.1, -0.05) is 50.6 Å². The van der Waals surface area contributed by atoms with Gasteiger partial charge in [-0.05, 0) is 24.8 Å². The van der Waals surface area contributed by atoms with E-state index in [-0.39, 0.29) is 0 Å². The fourth-order valence-corrected chi connectivity index (χ4v) is 2.33. The molecule has 1 unspecified atom stereocenters. The third kappa shape index (κ3) is 3.86. The number of rotatable bonds is 7. The fraction of sp³-hybridized carbons (Fsp3) is 0.471. The Morgan fingerprint density at radius 2 is 2.00 bits per heavy atom. The minimum atomic E-state index is 0.479. The van der Waals surface area contributed by atoms with Crippen molar-refractivity contribution < 1.29 is 0 Å². The predicted molar refractivity (Wildman–Crippen MR) is 85.2 cm³/mol. The molecular weight excluding hydrogens is 246 g/mol. The van der Waals surface area contributed by atoms with Crippen LogP contribution in [0.25, 0.3) is 0 Å². The van der Waals surface area contributed by atoms with E-state index in [9.17, 15) is 0 Å². The van der Waals surface area contributed by atoms with Crippen LogP contribution in [-0.4, -0.2) is 16.1 Å². The normalized spacial score (nSPS) is 12.3. The maximum Gasteiger partial charge on any atom is 0.203 e. The van der Waals surface area contributed by atoms with Gasteiger partial charge in [0.15, 0.2) is 0 Å². The molecule has 2 rings (SSSR count). The highest BCUT2D eigenvalue weighted by Crippen LogP contribution is 2.16. The van der Waals surface area contributed by atoms with Crippen molar-refractivity contribution in [2.75, 3.05) is 11.9 Å². The molecule has 20 heavy (non-hydrogen) atoms. The van der Waals surface area contributed by atoms with Crippen LogP contribution in [-0.2, 0) is 6.54 Å². The van der Waals surface area contributed by atoms with Crippen molar-refractivity contribution in [1.29, 1.82) is 0 Å². The molecule has 0 saturated heterocycles. The van der Waals surface area contributed by atoms with Gasteiger partial charge in [-0.25, -0.2) is 4.98 Å². The molecule has 0 bridgehead atoms. The van der Waals surface area contributed by atoms with E-state index in [1.54, 1.807) is 0 Å². The van der Waals surface area contributed by atoms with Crippen LogP contribution in [0, 0.1) is 6.92 Å². The number of aromatic nitrogens is 2. The predicted octanol–water partition coefficient (Wildman–Crippen LogP) is 4.21. The van der Waals surface area contributed by atoms with Crippen LogP contribution in [0.4, 0.5) is 5.95 Å². The zero-order valence-corrected chi connectivity index (χ0v) is 12.8. The molecule has 0 radical (unpaired) electrons. The summed E-state index contributed by atoms with van der Waals surface area (Å²) in [6, 6.07) is 10.6. The molecule has 1 aromatic carbocycles. The van der Waals surface area contributed by atoms with E-state index in [0.29, 0.717) is 5.92 Å². The molecule has 1 atom stereocenters. The zero-order valence-electron chi connectivity index (χ0n) is 12.8. The van der Waals surface area contributed by atoms with Gasteiger partial charge >= 0.3 is 0 Å². The summed E-state index contributed by atoms with van der Waals surface area (Å²) in [6.07, 6.45) is 4.53. The van der Waals surface area contributed by atoms with E-state index < -0.39 is 0 Å². The largest absolute Gasteiger partial charge is 0.355 e. The Balaban J connectivity index is 1.96. The van der Waals surface area contributed by atoms with Gasteiger partial charge in [-0.15, -0.1) is 0 Å². The first-order chi connectivity index (χ1) is 9.70. The lowest BCUT2D eigenvalue weighted by atomic mass is 10.0. The number of hydrogen-bond donors (Lipinski definition) is 1. The highest BCUT2D eigenvalue weighted by Gasteiger charge is 2.08. The second kappa shape index (κ2) is 7.13. The highest BCUT2D eigenvalue weighted by atomic mass is 15.2. The Kier molecular flexibility index (Phi) is 5.22. The van der Waals surface area contributed by atoms with Crippen molar-refractivity contribution in [3.05, 3.63) is 47.8 Å². The van der Waals surface area contributed by atoms with Crippen LogP contribution in [0.2, 0.25) is 0 Å². The summed E-state index contributed by atoms with van der Waals surface area (Å²) >= 11 is 0. The Morgan fingerprint density at radius 1 is 1.25 bits per heavy atom. The minimum Gasteiger partial charge on any atom is -0.355 e. The number of imidazole rings is 1. The van der Waals surface area contributed by atoms with Gasteiger partial charge in [-0.2, -0.15) is 0 Å². The first kappa shape index (κ1) is 14.6. The van der Waals surface area contributed by atoms with Gasteiger partial charge in [0.2, 0.25) is 5.95 Å². The lowest BCUT2D eigenvalue weighted by Crippen LogP contribution is -2.13. The van der Waals surface area contributed by atoms with E-state index in [4.69, 9.17) is 0 Å². The third-order valence-electron chi connectivity index (χ3n) is 3.58. The van der Waals surface area contributed by atoms with Crippen molar-refractivity contribution >= 4 is 5.95 Å². The summed E-state index contributed by atoms with van der Waals surface area (Å²) in [6.45, 7) is 8.46. The highest BCUT2D eigenvalue weighted by molar-refractivity contribution is 5.30. The molecule has 0 amide bonds. The monoisotopic (exact) mass is 271 g/mol. The lowest BCUT2D eigenvalue weighted by Gasteiger charge is -2.14. The van der Waals surface area contributed by atoms with Crippen molar-refractivity contribution in [3.63, 3.8) is 0 Å². The first-order valence-electron chi connectivity index (χ1n) is 7.53. The van der Waals surface area contributed by atoms with Crippen LogP contribution in [0.1, 0.15) is 43.9 Å². The Morgan fingerprint density at radius 3 is 2.70 bits per heavy atom. The number of benzene rings is 1. The summed E-state index contributed by atoms with van der Waals surface area (Å²) in [7, 11) is 0. The van der Waals surface area contributed by atoms with Gasteiger partial charge < -0.3 is 9.88 Å². The van der Waals surface area contributed by atoms with E-state index in [2.05, 4.69) is 65.2 Å². The smallest absolute Gasteiger partial charge is 0.203 e. The molecular formula is C17H25N3. The summed E-state index contributed by atoms with van der Waals surface area (Å²) in [5.41, 5.74) is 2.44. The average molecular weight is 271 g/mol. The van der Waals surface area contributed by atoms with Crippen molar-refractivity contribution in [2.45, 2.75) is 46.1 Å². The number of unbranched alkanes of at least 4 members (excludes halogenated alkanes) is 1. The number of hydrogen-bond acceptors (Lipinski definition) is 2. The standard InChI is InChI=1S/C17H25N3/c1-4-5-11-20-13-15(3)19-17(20)18-12-14(2)16-9-7-6-8-10-16/h6-10,13-14H,4-5,11-12H2,1-3H3,(H,18,19). The zero-order chi connectivity index (χ0) is 14.4. The molecule has 0 aliphatic rings. The van der Waals surface area contributed by atoms with Crippen LogP contribution in [0.3, 0.4) is 0 Å². The number of nitrogens with one attached hydrogen (secondary N) is 1. The molecule has 0 fully saturated rings. The number of aryl methyl sites for hydroxylation is 2. The van der Waals surface area contributed by atoms with Gasteiger partial charge in [0.1, 0.15) is 0 Å². The van der Waals surface area contributed by atoms with Crippen molar-refractivity contribution in [2.24, 2.45) is 0 Å². The topological polar surface area (TPSA) is 29.9 Å². The van der Waals surface area contributed by atoms with Crippen LogP contribution in [0.5, 0.6) is 0 Å². The summed E-state index contributed by atoms with van der Waals surface area (Å²) in [4.78, 5) is 4.58. The van der Waals surface area contributed by atoms with Crippen molar-refractivity contribution in [1.82, 2.24) is 9.55 Å². The summed E-state index contributed by atoms with van der Waals surface area (Å²) in [5.74, 6) is 1.48. The fourth-order valence-electron chi connectivity index (χ4n) is 2.33. The summed E-state index contributed by atoms with van der Waals surface area (Å²) in [5, 5.41) is 3.49. The second-order valence-electron chi connectivity index (χ2n) is 5.45. The molecule has 0 aliphatic heterocycles. The van der Waals surface area contributed by atoms with Gasteiger partial charge in [-0.3, -0.25) is 0 Å². The molecule has 1 N–H and O–H groups in total. The molecule has 1 aromatic heterocycles. The van der Waals surface area contributed by atoms with Gasteiger partial charge in [0.05, 0.1) is 5.69 Å². The second-order valence-corrected chi connectivity index (χ2v) is 5.45. The van der Waals surface area contributed by atoms with E-state index in [1.807, 2.05) is 6.92 Å². The number of anilines is 1. The first-order valence-corrected chi connectivity index (χ1v) is 7.53. The molecule has 3 heteroatoms. The quantitative estimate of drug-likeness (QED) is 0.817. The molecule has 108 valence electrons. The van der Waals surface area contributed by atoms with Crippen molar-refractivity contribution in [3.8, 4) is 0 Å². The molecule has 1 heterocycles. The maximum atomic E-state index is 4.58. The van der Waals surface area contributed by atoms with Crippen LogP contribution >= 0.6 is 0 Å². The Bertz CT molecular complexity index is 516. The molecule has 3 nitrogen and oxygen atoms in total.